The van der Waals surface area contributed by atoms with Crippen LogP contribution in [-0.4, -0.2) is 74.4 Å². The fourth-order valence-electron chi connectivity index (χ4n) is 6.40. The molecule has 0 radical (unpaired) electrons. The molecule has 0 heterocycles. The van der Waals surface area contributed by atoms with Crippen LogP contribution in [0.2, 0.25) is 5.02 Å². The van der Waals surface area contributed by atoms with Crippen LogP contribution in [0.3, 0.4) is 0 Å². The molecule has 11 nitrogen and oxygen atoms in total. The molecule has 234 valence electrons. The molecule has 0 spiro atoms. The second-order valence-electron chi connectivity index (χ2n) is 11.0. The first-order valence-corrected chi connectivity index (χ1v) is 14.3. The van der Waals surface area contributed by atoms with Crippen molar-refractivity contribution in [3.05, 3.63) is 80.5 Å². The molecular formula is C29H27Br2ClFN3O8. The van der Waals surface area contributed by atoms with E-state index in [1.54, 1.807) is 0 Å². The minimum Gasteiger partial charge on any atom is -0.510 e. The molecular weight excluding hydrogens is 733 g/mol. The van der Waals surface area contributed by atoms with Gasteiger partial charge in [0.2, 0.25) is 11.7 Å². The number of fused-ring (bicyclic) bond motifs is 3. The van der Waals surface area contributed by atoms with Crippen molar-refractivity contribution in [3.63, 3.8) is 0 Å². The van der Waals surface area contributed by atoms with E-state index in [2.05, 4.69) is 21.2 Å². The number of rotatable bonds is 5. The van der Waals surface area contributed by atoms with E-state index in [1.165, 1.54) is 49.3 Å². The van der Waals surface area contributed by atoms with Gasteiger partial charge in [-0.1, -0.05) is 45.7 Å². The van der Waals surface area contributed by atoms with Crippen molar-refractivity contribution in [1.29, 1.82) is 0 Å². The summed E-state index contributed by atoms with van der Waals surface area (Å²) in [7, 11) is 3.06. The van der Waals surface area contributed by atoms with Crippen molar-refractivity contribution < 1.29 is 44.0 Å². The molecule has 3 unspecified atom stereocenters. The van der Waals surface area contributed by atoms with Crippen molar-refractivity contribution in [3.8, 4) is 5.75 Å². The van der Waals surface area contributed by atoms with E-state index in [1.807, 2.05) is 0 Å². The van der Waals surface area contributed by atoms with Crippen molar-refractivity contribution in [1.82, 2.24) is 4.90 Å². The second-order valence-corrected chi connectivity index (χ2v) is 12.3. The van der Waals surface area contributed by atoms with Gasteiger partial charge in [-0.15, -0.1) is 17.0 Å². The number of carbonyl (C=O) groups excluding carboxylic acids is 4. The van der Waals surface area contributed by atoms with Gasteiger partial charge in [0.15, 0.2) is 17.1 Å². The van der Waals surface area contributed by atoms with E-state index in [0.29, 0.717) is 0 Å². The lowest BCUT2D eigenvalue weighted by Gasteiger charge is -2.50. The van der Waals surface area contributed by atoms with Crippen LogP contribution < -0.4 is 11.1 Å². The number of aromatic hydroxyl groups is 1. The predicted octanol–water partition coefficient (Wildman–Crippen LogP) is 3.57. The SMILES string of the molecule is Br.CN(C)[C@@H]1C(O)=C(C(N)=O)C(=O)[C@@]2(O)C(O)=C3C(=O)c4c(cc(Cl)c(NC(=O)C(Br)c5ccccc5F)c4O)CC3CC12. The minimum atomic E-state index is -2.79. The number of phenolic OH excluding ortho intramolecular Hbond substituents is 1. The third-order valence-electron chi connectivity index (χ3n) is 8.32. The highest BCUT2D eigenvalue weighted by molar-refractivity contribution is 9.09. The highest BCUT2D eigenvalue weighted by Crippen LogP contribution is 2.53. The highest BCUT2D eigenvalue weighted by atomic mass is 79.9. The van der Waals surface area contributed by atoms with Crippen LogP contribution in [0.15, 0.2) is 53.0 Å². The first-order valence-electron chi connectivity index (χ1n) is 13.0. The molecule has 0 saturated heterocycles. The van der Waals surface area contributed by atoms with Crippen molar-refractivity contribution in [2.24, 2.45) is 17.6 Å². The Morgan fingerprint density at radius 2 is 1.84 bits per heavy atom. The third-order valence-corrected chi connectivity index (χ3v) is 9.53. The number of halogens is 4. The maximum atomic E-state index is 14.3. The zero-order valence-corrected chi connectivity index (χ0v) is 27.2. The highest BCUT2D eigenvalue weighted by Gasteiger charge is 2.63. The Balaban J connectivity index is 0.00000442. The largest absolute Gasteiger partial charge is 0.510 e. The van der Waals surface area contributed by atoms with Gasteiger partial charge in [-0.2, -0.15) is 0 Å². The number of phenols is 1. The van der Waals surface area contributed by atoms with Gasteiger partial charge in [0.05, 0.1) is 16.6 Å². The number of aliphatic hydroxyl groups excluding tert-OH is 2. The number of nitrogens with zero attached hydrogens (tertiary/aromatic N) is 1. The first-order chi connectivity index (χ1) is 20.1. The number of carbonyl (C=O) groups is 4. The number of alkyl halides is 1. The topological polar surface area (TPSA) is 190 Å². The lowest BCUT2D eigenvalue weighted by molar-refractivity contribution is -0.148. The van der Waals surface area contributed by atoms with Crippen LogP contribution in [0, 0.1) is 17.7 Å². The molecule has 0 fully saturated rings. The number of amides is 2. The molecule has 3 aliphatic carbocycles. The smallest absolute Gasteiger partial charge is 0.255 e. The van der Waals surface area contributed by atoms with Gasteiger partial charge >= 0.3 is 0 Å². The summed E-state index contributed by atoms with van der Waals surface area (Å²) < 4.78 is 14.3. The van der Waals surface area contributed by atoms with E-state index in [4.69, 9.17) is 17.3 Å². The Hall–Kier alpha value is -3.30. The zero-order chi connectivity index (χ0) is 31.7. The van der Waals surface area contributed by atoms with Crippen LogP contribution in [-0.2, 0) is 20.8 Å². The van der Waals surface area contributed by atoms with Gasteiger partial charge in [0, 0.05) is 17.1 Å². The number of allylic oxidation sites excluding steroid dienone is 1. The van der Waals surface area contributed by atoms with Crippen molar-refractivity contribution in [2.75, 3.05) is 19.4 Å². The van der Waals surface area contributed by atoms with Crippen LogP contribution in [0.25, 0.3) is 0 Å². The number of Topliss-reactive ketones (excluding diaryl/α,β-unsaturated/α-hetero) is 2. The Labute approximate surface area is 274 Å². The number of aliphatic hydroxyl groups is 3. The van der Waals surface area contributed by atoms with Gasteiger partial charge in [-0.25, -0.2) is 4.39 Å². The molecule has 0 aromatic heterocycles. The predicted molar refractivity (Wildman–Crippen MR) is 166 cm³/mol. The summed E-state index contributed by atoms with van der Waals surface area (Å²) in [6.07, 6.45) is -0.0666. The molecule has 5 rings (SSSR count). The van der Waals surface area contributed by atoms with Gasteiger partial charge in [0.1, 0.15) is 33.4 Å². The molecule has 0 saturated carbocycles. The second kappa shape index (κ2) is 11.9. The number of benzene rings is 2. The molecule has 3 aliphatic rings. The van der Waals surface area contributed by atoms with E-state index in [9.17, 15) is 44.0 Å². The maximum Gasteiger partial charge on any atom is 0.255 e. The molecule has 5 atom stereocenters. The normalized spacial score (nSPS) is 25.1. The van der Waals surface area contributed by atoms with Crippen LogP contribution in [0.4, 0.5) is 10.1 Å². The number of hydrogen-bond acceptors (Lipinski definition) is 9. The lowest BCUT2D eigenvalue weighted by Crippen LogP contribution is -2.63. The van der Waals surface area contributed by atoms with Gasteiger partial charge in [-0.3, -0.25) is 24.1 Å². The quantitative estimate of drug-likeness (QED) is 0.150. The Bertz CT molecular complexity index is 1700. The fourth-order valence-corrected chi connectivity index (χ4v) is 7.15. The van der Waals surface area contributed by atoms with Gasteiger partial charge in [0.25, 0.3) is 5.91 Å². The number of nitrogens with one attached hydrogen (secondary N) is 1. The zero-order valence-electron chi connectivity index (χ0n) is 23.1. The summed E-state index contributed by atoms with van der Waals surface area (Å²) in [5.41, 5.74) is 0.874. The van der Waals surface area contributed by atoms with Crippen molar-refractivity contribution >= 4 is 73.6 Å². The Morgan fingerprint density at radius 3 is 2.43 bits per heavy atom. The lowest BCUT2D eigenvalue weighted by atomic mass is 9.58. The van der Waals surface area contributed by atoms with Crippen LogP contribution >= 0.6 is 44.5 Å². The average molecular weight is 760 g/mol. The number of anilines is 1. The molecule has 44 heavy (non-hydrogen) atoms. The standard InChI is InChI=1S/C29H26BrClFN3O8.BrH/c1-35(2)21-13-8-10-7-11-9-14(31)20(34-28(42)19(30)12-5-3-4-6-15(12)32)23(37)16(11)22(36)17(10)25(39)29(13,43)26(40)18(24(21)38)27(33)41;/h3-6,9-10,13,19,21,37-39,43H,7-8H2,1-2H3,(H2,33,41)(H,34,42);1H/t10?,13?,19?,21-,29-;/m0./s1. The number of primary amides is 1. The first kappa shape index (κ1) is 33.6. The van der Waals surface area contributed by atoms with E-state index in [0.717, 1.165) is 0 Å². The Morgan fingerprint density at radius 1 is 1.20 bits per heavy atom. The number of hydrogen-bond donors (Lipinski definition) is 6. The van der Waals surface area contributed by atoms with E-state index in [-0.39, 0.29) is 62.8 Å². The number of ketones is 2. The molecule has 0 aliphatic heterocycles. The molecule has 2 amide bonds. The Kier molecular flexibility index (Phi) is 9.08. The molecule has 0 bridgehead atoms. The molecule has 2 aromatic rings. The van der Waals surface area contributed by atoms with E-state index < -0.39 is 80.3 Å². The monoisotopic (exact) mass is 757 g/mol. The molecule has 15 heteroatoms. The minimum absolute atomic E-state index is 0. The number of likely N-dealkylation sites (N-methyl/N-ethyl adjacent to an activating group) is 1. The number of nitrogens with two attached hydrogens (primary N) is 1. The average Bonchev–Trinajstić information content (AvgIpc) is 2.92. The molecule has 7 N–H and O–H groups in total. The fraction of sp³-hybridized carbons (Fsp3) is 0.310. The maximum absolute atomic E-state index is 14.3. The molecule has 2 aromatic carbocycles. The summed E-state index contributed by atoms with van der Waals surface area (Å²) in [5.74, 6) is -9.48. The summed E-state index contributed by atoms with van der Waals surface area (Å²) >= 11 is 9.54. The van der Waals surface area contributed by atoms with Crippen LogP contribution in [0.5, 0.6) is 5.75 Å². The van der Waals surface area contributed by atoms with Gasteiger partial charge in [-0.05, 0) is 50.6 Å². The van der Waals surface area contributed by atoms with Crippen LogP contribution in [0.1, 0.15) is 32.7 Å². The summed E-state index contributed by atoms with van der Waals surface area (Å²) in [5, 5.41) is 47.4. The van der Waals surface area contributed by atoms with Crippen molar-refractivity contribution in [2.45, 2.75) is 29.3 Å². The van der Waals surface area contributed by atoms with E-state index >= 15 is 0 Å². The summed E-state index contributed by atoms with van der Waals surface area (Å²) in [6.45, 7) is 0. The summed E-state index contributed by atoms with van der Waals surface area (Å²) in [4.78, 5) is 52.6. The summed E-state index contributed by atoms with van der Waals surface area (Å²) in [6, 6.07) is 5.77. The third kappa shape index (κ3) is 4.92. The van der Waals surface area contributed by atoms with Gasteiger partial charge < -0.3 is 31.5 Å².